The Bertz CT molecular complexity index is 254. The third-order valence-electron chi connectivity index (χ3n) is 1.25. The molecule has 1 N–H and O–H groups in total. The Labute approximate surface area is 74.3 Å². The van der Waals surface area contributed by atoms with Gasteiger partial charge >= 0.3 is 0 Å². The van der Waals surface area contributed by atoms with E-state index in [1.807, 2.05) is 19.9 Å². The zero-order valence-electron chi connectivity index (χ0n) is 7.72. The summed E-state index contributed by atoms with van der Waals surface area (Å²) < 4.78 is 0. The van der Waals surface area contributed by atoms with Crippen molar-refractivity contribution in [1.82, 2.24) is 0 Å². The lowest BCUT2D eigenvalue weighted by atomic mass is 10.2. The number of nitrogens with one attached hydrogen (secondary N) is 1. The quantitative estimate of drug-likeness (QED) is 0.483. The first-order chi connectivity index (χ1) is 5.56. The molecule has 0 aromatic carbocycles. The van der Waals surface area contributed by atoms with Gasteiger partial charge in [-0.2, -0.15) is 0 Å². The third kappa shape index (κ3) is 5.42. The van der Waals surface area contributed by atoms with E-state index in [2.05, 4.69) is 13.2 Å². The lowest BCUT2D eigenvalue weighted by molar-refractivity contribution is 1.48. The lowest BCUT2D eigenvalue weighted by Gasteiger charge is -1.90. The molecule has 0 fully saturated rings. The van der Waals surface area contributed by atoms with Crippen LogP contribution in [0.2, 0.25) is 0 Å². The van der Waals surface area contributed by atoms with E-state index in [0.717, 1.165) is 11.1 Å². The van der Waals surface area contributed by atoms with E-state index in [1.165, 1.54) is 0 Å². The molecule has 1 heteroatoms. The van der Waals surface area contributed by atoms with Crippen LogP contribution in [0.3, 0.4) is 0 Å². The van der Waals surface area contributed by atoms with Gasteiger partial charge in [0.15, 0.2) is 0 Å². The van der Waals surface area contributed by atoms with Gasteiger partial charge in [-0.15, -0.1) is 0 Å². The Morgan fingerprint density at radius 3 is 2.25 bits per heavy atom. The zero-order valence-corrected chi connectivity index (χ0v) is 7.72. The molecule has 0 aromatic heterocycles. The van der Waals surface area contributed by atoms with E-state index in [4.69, 9.17) is 5.41 Å². The van der Waals surface area contributed by atoms with Crippen LogP contribution < -0.4 is 0 Å². The zero-order chi connectivity index (χ0) is 9.56. The second kappa shape index (κ2) is 5.30. The van der Waals surface area contributed by atoms with Crippen LogP contribution in [0.5, 0.6) is 0 Å². The summed E-state index contributed by atoms with van der Waals surface area (Å²) in [4.78, 5) is 0. The fraction of sp³-hybridized carbons (Fsp3) is 0.182. The van der Waals surface area contributed by atoms with Crippen LogP contribution in [0.15, 0.2) is 48.6 Å². The van der Waals surface area contributed by atoms with Crippen molar-refractivity contribution >= 4 is 5.71 Å². The second-order valence-electron chi connectivity index (χ2n) is 2.73. The molecule has 0 rings (SSSR count). The molecular weight excluding hydrogens is 146 g/mol. The fourth-order valence-corrected chi connectivity index (χ4v) is 0.584. The number of allylic oxidation sites excluding steroid dienone is 6. The standard InChI is InChI=1S/C11H15N/c1-5-10(4)8-11(12)7-6-9(2)3/h5-8,12H,1-2H2,3-4H3/b7-6-,10-8-,12-11?. The summed E-state index contributed by atoms with van der Waals surface area (Å²) in [7, 11) is 0. The first-order valence-corrected chi connectivity index (χ1v) is 3.79. The van der Waals surface area contributed by atoms with Crippen molar-refractivity contribution in [2.75, 3.05) is 0 Å². The van der Waals surface area contributed by atoms with Crippen molar-refractivity contribution in [2.24, 2.45) is 0 Å². The monoisotopic (exact) mass is 161 g/mol. The molecule has 0 unspecified atom stereocenters. The largest absolute Gasteiger partial charge is 0.301 e. The second-order valence-corrected chi connectivity index (χ2v) is 2.73. The molecule has 0 aliphatic heterocycles. The topological polar surface area (TPSA) is 23.9 Å². The van der Waals surface area contributed by atoms with E-state index in [9.17, 15) is 0 Å². The highest BCUT2D eigenvalue weighted by atomic mass is 14.4. The highest BCUT2D eigenvalue weighted by Crippen LogP contribution is 1.96. The molecule has 0 spiro atoms. The van der Waals surface area contributed by atoms with Crippen molar-refractivity contribution in [3.63, 3.8) is 0 Å². The van der Waals surface area contributed by atoms with Crippen LogP contribution in [0.4, 0.5) is 0 Å². The summed E-state index contributed by atoms with van der Waals surface area (Å²) in [6, 6.07) is 0. The first kappa shape index (κ1) is 10.6. The Balaban J connectivity index is 4.24. The van der Waals surface area contributed by atoms with Gasteiger partial charge in [0.25, 0.3) is 0 Å². The molecule has 0 amide bonds. The Hall–Kier alpha value is -1.37. The summed E-state index contributed by atoms with van der Waals surface area (Å²) in [6.45, 7) is 11.1. The summed E-state index contributed by atoms with van der Waals surface area (Å²) >= 11 is 0. The minimum absolute atomic E-state index is 0.468. The van der Waals surface area contributed by atoms with Crippen LogP contribution in [-0.2, 0) is 0 Å². The number of rotatable bonds is 4. The minimum Gasteiger partial charge on any atom is -0.301 e. The predicted molar refractivity (Wildman–Crippen MR) is 55.6 cm³/mol. The molecule has 1 nitrogen and oxygen atoms in total. The maximum atomic E-state index is 7.46. The molecule has 64 valence electrons. The number of hydrogen-bond acceptors (Lipinski definition) is 1. The smallest absolute Gasteiger partial charge is 0.0542 e. The van der Waals surface area contributed by atoms with Crippen LogP contribution in [0, 0.1) is 5.41 Å². The van der Waals surface area contributed by atoms with Gasteiger partial charge in [0, 0.05) is 0 Å². The van der Waals surface area contributed by atoms with Gasteiger partial charge in [0.1, 0.15) is 0 Å². The van der Waals surface area contributed by atoms with Gasteiger partial charge in [0.05, 0.1) is 5.71 Å². The fourth-order valence-electron chi connectivity index (χ4n) is 0.584. The van der Waals surface area contributed by atoms with Gasteiger partial charge in [-0.1, -0.05) is 30.9 Å². The summed E-state index contributed by atoms with van der Waals surface area (Å²) in [5, 5.41) is 7.46. The molecule has 0 aliphatic rings. The molecule has 0 atom stereocenters. The molecule has 12 heavy (non-hydrogen) atoms. The molecule has 0 bridgehead atoms. The summed E-state index contributed by atoms with van der Waals surface area (Å²) in [6.07, 6.45) is 7.01. The predicted octanol–water partition coefficient (Wildman–Crippen LogP) is 3.27. The lowest BCUT2D eigenvalue weighted by Crippen LogP contribution is -1.85. The van der Waals surface area contributed by atoms with E-state index < -0.39 is 0 Å². The third-order valence-corrected chi connectivity index (χ3v) is 1.25. The molecule has 0 radical (unpaired) electrons. The van der Waals surface area contributed by atoms with Crippen molar-refractivity contribution in [3.8, 4) is 0 Å². The normalized spacial score (nSPS) is 11.7. The SMILES string of the molecule is C=C/C(C)=C\C(=N)/C=C\C(=C)C. The van der Waals surface area contributed by atoms with Crippen LogP contribution in [-0.4, -0.2) is 5.71 Å². The highest BCUT2D eigenvalue weighted by Gasteiger charge is 1.85. The molecule has 0 saturated carbocycles. The van der Waals surface area contributed by atoms with Crippen LogP contribution >= 0.6 is 0 Å². The first-order valence-electron chi connectivity index (χ1n) is 3.79. The van der Waals surface area contributed by atoms with E-state index >= 15 is 0 Å². The van der Waals surface area contributed by atoms with Crippen LogP contribution in [0.25, 0.3) is 0 Å². The van der Waals surface area contributed by atoms with Gasteiger partial charge in [-0.3, -0.25) is 0 Å². The Morgan fingerprint density at radius 2 is 1.83 bits per heavy atom. The van der Waals surface area contributed by atoms with Crippen molar-refractivity contribution < 1.29 is 0 Å². The molecular formula is C11H15N. The average Bonchev–Trinajstić information content (AvgIpc) is 2.00. The van der Waals surface area contributed by atoms with Crippen LogP contribution in [0.1, 0.15) is 13.8 Å². The Morgan fingerprint density at radius 1 is 1.25 bits per heavy atom. The maximum absolute atomic E-state index is 7.46. The molecule has 0 heterocycles. The summed E-state index contributed by atoms with van der Waals surface area (Å²) in [5.74, 6) is 0. The van der Waals surface area contributed by atoms with E-state index in [-0.39, 0.29) is 0 Å². The van der Waals surface area contributed by atoms with Gasteiger partial charge in [0.2, 0.25) is 0 Å². The minimum atomic E-state index is 0.468. The van der Waals surface area contributed by atoms with Gasteiger partial charge in [-0.05, 0) is 31.6 Å². The average molecular weight is 161 g/mol. The van der Waals surface area contributed by atoms with Gasteiger partial charge < -0.3 is 5.41 Å². The van der Waals surface area contributed by atoms with Gasteiger partial charge in [-0.25, -0.2) is 0 Å². The molecule has 0 aliphatic carbocycles. The number of hydrogen-bond donors (Lipinski definition) is 1. The molecule has 0 aromatic rings. The van der Waals surface area contributed by atoms with E-state index in [1.54, 1.807) is 18.2 Å². The molecule has 0 saturated heterocycles. The highest BCUT2D eigenvalue weighted by molar-refractivity contribution is 6.02. The van der Waals surface area contributed by atoms with E-state index in [0.29, 0.717) is 5.71 Å². The van der Waals surface area contributed by atoms with Crippen molar-refractivity contribution in [3.05, 3.63) is 48.6 Å². The summed E-state index contributed by atoms with van der Waals surface area (Å²) in [5.41, 5.74) is 2.41. The van der Waals surface area contributed by atoms with Crippen molar-refractivity contribution in [2.45, 2.75) is 13.8 Å². The Kier molecular flexibility index (Phi) is 4.70. The maximum Gasteiger partial charge on any atom is 0.0542 e. The van der Waals surface area contributed by atoms with Crippen molar-refractivity contribution in [1.29, 1.82) is 5.41 Å².